The van der Waals surface area contributed by atoms with Gasteiger partial charge in [-0.2, -0.15) is 0 Å². The summed E-state index contributed by atoms with van der Waals surface area (Å²) in [4.78, 5) is 16.2. The number of hydrogen-bond donors (Lipinski definition) is 1. The molecule has 4 rings (SSSR count). The normalized spacial score (nSPS) is 11.5. The number of aromatic nitrogens is 1. The maximum Gasteiger partial charge on any atom is 0.342 e. The summed E-state index contributed by atoms with van der Waals surface area (Å²) in [6.07, 6.45) is 1.52. The van der Waals surface area contributed by atoms with Crippen LogP contribution in [0.2, 0.25) is 10.0 Å². The van der Waals surface area contributed by atoms with Gasteiger partial charge in [-0.05, 0) is 65.4 Å². The van der Waals surface area contributed by atoms with Crippen molar-refractivity contribution in [2.45, 2.75) is 11.8 Å². The Bertz CT molecular complexity index is 1320. The van der Waals surface area contributed by atoms with E-state index in [0.29, 0.717) is 38.2 Å². The fourth-order valence-corrected chi connectivity index (χ4v) is 4.03. The summed E-state index contributed by atoms with van der Waals surface area (Å²) >= 11 is 12.9. The van der Waals surface area contributed by atoms with E-state index in [0.717, 1.165) is 17.3 Å². The summed E-state index contributed by atoms with van der Waals surface area (Å²) in [6, 6.07) is 17.6. The average molecular weight is 502 g/mol. The number of carboxylic acid groups (broad SMARTS) is 1. The van der Waals surface area contributed by atoms with Gasteiger partial charge in [-0.1, -0.05) is 47.5 Å². The Morgan fingerprint density at radius 1 is 1.09 bits per heavy atom. The van der Waals surface area contributed by atoms with E-state index in [1.165, 1.54) is 13.2 Å². The number of aliphatic carboxylic acids is 1. The number of rotatable bonds is 8. The van der Waals surface area contributed by atoms with Gasteiger partial charge in [0.1, 0.15) is 17.0 Å². The lowest BCUT2D eigenvalue weighted by atomic mass is 10.2. The van der Waals surface area contributed by atoms with Crippen molar-refractivity contribution in [1.29, 1.82) is 0 Å². The van der Waals surface area contributed by atoms with Crippen molar-refractivity contribution < 1.29 is 23.8 Å². The van der Waals surface area contributed by atoms with E-state index in [4.69, 9.17) is 37.1 Å². The molecule has 0 fully saturated rings. The molecule has 1 N–H and O–H groups in total. The monoisotopic (exact) mass is 501 g/mol. The van der Waals surface area contributed by atoms with Gasteiger partial charge in [0.15, 0.2) is 17.1 Å². The molecule has 1 aromatic heterocycles. The zero-order valence-corrected chi connectivity index (χ0v) is 19.6. The van der Waals surface area contributed by atoms with Crippen molar-refractivity contribution in [2.24, 2.45) is 0 Å². The van der Waals surface area contributed by atoms with Gasteiger partial charge in [0.2, 0.25) is 0 Å². The minimum atomic E-state index is -1.10. The van der Waals surface area contributed by atoms with Gasteiger partial charge < -0.3 is 19.0 Å². The largest absolute Gasteiger partial charge is 0.493 e. The highest BCUT2D eigenvalue weighted by Gasteiger charge is 2.16. The molecule has 33 heavy (non-hydrogen) atoms. The molecule has 0 spiro atoms. The van der Waals surface area contributed by atoms with Crippen molar-refractivity contribution in [2.75, 3.05) is 7.11 Å². The standard InChI is InChI=1S/C24H17Cl2NO5S/c1-30-21-11-14(7-9-20(21)31-13-15-6-8-16(25)17(26)10-15)12-22(23(28)29)33-24-27-18-4-2-3-5-19(18)32-24/h2-12H,13H2,1H3,(H,28,29)/b22-12-. The van der Waals surface area contributed by atoms with E-state index >= 15 is 0 Å². The van der Waals surface area contributed by atoms with Crippen LogP contribution in [0.25, 0.3) is 17.2 Å². The lowest BCUT2D eigenvalue weighted by Gasteiger charge is -2.12. The van der Waals surface area contributed by atoms with Gasteiger partial charge in [-0.3, -0.25) is 0 Å². The first kappa shape index (κ1) is 23.0. The number of thioether (sulfide) groups is 1. The van der Waals surface area contributed by atoms with E-state index in [1.807, 2.05) is 18.2 Å². The first-order valence-electron chi connectivity index (χ1n) is 9.66. The molecule has 9 heteroatoms. The lowest BCUT2D eigenvalue weighted by molar-refractivity contribution is -0.131. The van der Waals surface area contributed by atoms with Crippen LogP contribution in [0.3, 0.4) is 0 Å². The summed E-state index contributed by atoms with van der Waals surface area (Å²) < 4.78 is 16.9. The lowest BCUT2D eigenvalue weighted by Crippen LogP contribution is -1.99. The van der Waals surface area contributed by atoms with Crippen LogP contribution in [0.5, 0.6) is 11.5 Å². The van der Waals surface area contributed by atoms with Crippen LogP contribution in [0.4, 0.5) is 0 Å². The smallest absolute Gasteiger partial charge is 0.342 e. The molecule has 6 nitrogen and oxygen atoms in total. The van der Waals surface area contributed by atoms with Gasteiger partial charge >= 0.3 is 5.97 Å². The van der Waals surface area contributed by atoms with Crippen LogP contribution in [0.15, 0.2) is 75.2 Å². The molecule has 0 bridgehead atoms. The number of ether oxygens (including phenoxy) is 2. The summed E-state index contributed by atoms with van der Waals surface area (Å²) in [6.45, 7) is 0.260. The van der Waals surface area contributed by atoms with Crippen LogP contribution in [0.1, 0.15) is 11.1 Å². The predicted octanol–water partition coefficient (Wildman–Crippen LogP) is 6.94. The molecule has 3 aromatic carbocycles. The molecule has 0 saturated carbocycles. The molecular weight excluding hydrogens is 485 g/mol. The molecule has 168 valence electrons. The predicted molar refractivity (Wildman–Crippen MR) is 129 cm³/mol. The number of methoxy groups -OCH3 is 1. The topological polar surface area (TPSA) is 81.8 Å². The maximum absolute atomic E-state index is 11.8. The fraction of sp³-hybridized carbons (Fsp3) is 0.0833. The number of halogens is 2. The maximum atomic E-state index is 11.8. The summed E-state index contributed by atoms with van der Waals surface area (Å²) in [7, 11) is 1.51. The highest BCUT2D eigenvalue weighted by molar-refractivity contribution is 8.03. The molecule has 0 amide bonds. The zero-order valence-electron chi connectivity index (χ0n) is 17.2. The molecule has 4 aromatic rings. The van der Waals surface area contributed by atoms with Crippen LogP contribution in [0, 0.1) is 0 Å². The third-order valence-corrected chi connectivity index (χ3v) is 6.15. The van der Waals surface area contributed by atoms with E-state index in [9.17, 15) is 9.90 Å². The van der Waals surface area contributed by atoms with Crippen LogP contribution in [-0.2, 0) is 11.4 Å². The Morgan fingerprint density at radius 2 is 1.91 bits per heavy atom. The highest BCUT2D eigenvalue weighted by atomic mass is 35.5. The third-order valence-electron chi connectivity index (χ3n) is 4.55. The highest BCUT2D eigenvalue weighted by Crippen LogP contribution is 2.34. The number of oxazole rings is 1. The molecule has 0 aliphatic carbocycles. The Morgan fingerprint density at radius 3 is 2.64 bits per heavy atom. The molecule has 1 heterocycles. The second-order valence-electron chi connectivity index (χ2n) is 6.81. The third kappa shape index (κ3) is 5.63. The van der Waals surface area contributed by atoms with Crippen molar-refractivity contribution in [3.8, 4) is 11.5 Å². The van der Waals surface area contributed by atoms with Crippen molar-refractivity contribution in [3.05, 3.63) is 86.7 Å². The summed E-state index contributed by atoms with van der Waals surface area (Å²) in [5.74, 6) is -0.134. The quantitative estimate of drug-likeness (QED) is 0.206. The van der Waals surface area contributed by atoms with Gasteiger partial charge in [0.25, 0.3) is 5.22 Å². The number of nitrogens with zero attached hydrogens (tertiary/aromatic N) is 1. The fourth-order valence-electron chi connectivity index (χ4n) is 2.96. The molecule has 0 aliphatic rings. The number of hydrogen-bond acceptors (Lipinski definition) is 6. The van der Waals surface area contributed by atoms with E-state index in [1.54, 1.807) is 42.5 Å². The molecule has 0 aliphatic heterocycles. The van der Waals surface area contributed by atoms with Crippen molar-refractivity contribution in [1.82, 2.24) is 4.98 Å². The Hall–Kier alpha value is -3.13. The summed E-state index contributed by atoms with van der Waals surface area (Å²) in [5, 5.41) is 10.8. The molecule has 0 atom stereocenters. The average Bonchev–Trinajstić information content (AvgIpc) is 3.22. The minimum Gasteiger partial charge on any atom is -0.493 e. The first-order valence-corrected chi connectivity index (χ1v) is 11.2. The summed E-state index contributed by atoms with van der Waals surface area (Å²) in [5.41, 5.74) is 2.72. The number of benzene rings is 3. The zero-order chi connectivity index (χ0) is 23.4. The second kappa shape index (κ2) is 10.2. The van der Waals surface area contributed by atoms with E-state index in [-0.39, 0.29) is 16.7 Å². The molecule has 0 radical (unpaired) electrons. The number of fused-ring (bicyclic) bond motifs is 1. The first-order chi connectivity index (χ1) is 15.9. The van der Waals surface area contributed by atoms with E-state index in [2.05, 4.69) is 4.98 Å². The molecular formula is C24H17Cl2NO5S. The Labute approximate surface area is 203 Å². The van der Waals surface area contributed by atoms with Gasteiger partial charge in [0, 0.05) is 0 Å². The van der Waals surface area contributed by atoms with Crippen molar-refractivity contribution >= 4 is 58.1 Å². The van der Waals surface area contributed by atoms with Crippen molar-refractivity contribution in [3.63, 3.8) is 0 Å². The SMILES string of the molecule is COc1cc(/C=C(\Sc2nc3ccccc3o2)C(=O)O)ccc1OCc1ccc(Cl)c(Cl)c1. The van der Waals surface area contributed by atoms with Gasteiger partial charge in [0.05, 0.1) is 17.2 Å². The van der Waals surface area contributed by atoms with E-state index < -0.39 is 5.97 Å². The number of carbonyl (C=O) groups is 1. The second-order valence-corrected chi connectivity index (χ2v) is 8.62. The number of carboxylic acids is 1. The minimum absolute atomic E-state index is 0.0492. The Kier molecular flexibility index (Phi) is 7.13. The molecule has 0 saturated heterocycles. The van der Waals surface area contributed by atoms with Crippen LogP contribution < -0.4 is 9.47 Å². The van der Waals surface area contributed by atoms with Crippen LogP contribution in [-0.4, -0.2) is 23.2 Å². The molecule has 0 unspecified atom stereocenters. The number of para-hydroxylation sites is 2. The van der Waals surface area contributed by atoms with Gasteiger partial charge in [-0.15, -0.1) is 0 Å². The van der Waals surface area contributed by atoms with Crippen LogP contribution >= 0.6 is 35.0 Å². The van der Waals surface area contributed by atoms with Gasteiger partial charge in [-0.25, -0.2) is 9.78 Å². The Balaban J connectivity index is 1.53.